The second kappa shape index (κ2) is 13.3. The van der Waals surface area contributed by atoms with Gasteiger partial charge in [0.2, 0.25) is 0 Å². The molecule has 1 aromatic heterocycles. The fourth-order valence-electron chi connectivity index (χ4n) is 8.59. The number of hydrogen-bond acceptors (Lipinski definition) is 5. The second-order valence-electron chi connectivity index (χ2n) is 14.3. The van der Waals surface area contributed by atoms with Gasteiger partial charge in [-0.25, -0.2) is 15.0 Å². The van der Waals surface area contributed by atoms with Crippen molar-refractivity contribution < 1.29 is 9.47 Å². The van der Waals surface area contributed by atoms with Crippen LogP contribution < -0.4 is 9.47 Å². The monoisotopic (exact) mass is 731 g/mol. The third-order valence-corrected chi connectivity index (χ3v) is 11.1. The topological polar surface area (TPSA) is 57.1 Å². The van der Waals surface area contributed by atoms with Crippen LogP contribution in [0.3, 0.4) is 0 Å². The molecule has 2 heterocycles. The van der Waals surface area contributed by atoms with E-state index in [-0.39, 0.29) is 0 Å². The Balaban J connectivity index is 1.02. The highest BCUT2D eigenvalue weighted by molar-refractivity contribution is 5.92. The van der Waals surface area contributed by atoms with Gasteiger partial charge < -0.3 is 9.47 Å². The van der Waals surface area contributed by atoms with E-state index < -0.39 is 5.41 Å². The molecule has 9 aromatic rings. The summed E-state index contributed by atoms with van der Waals surface area (Å²) in [5.41, 5.74) is 11.1. The first kappa shape index (κ1) is 32.8. The Kier molecular flexibility index (Phi) is 7.64. The van der Waals surface area contributed by atoms with E-state index in [4.69, 9.17) is 24.4 Å². The van der Waals surface area contributed by atoms with Crippen molar-refractivity contribution in [3.8, 4) is 79.4 Å². The number of fused-ring (bicyclic) bond motifs is 6. The minimum absolute atomic E-state index is 0.531. The highest BCUT2D eigenvalue weighted by Crippen LogP contribution is 2.62. The molecule has 5 heteroatoms. The highest BCUT2D eigenvalue weighted by Gasteiger charge is 2.48. The van der Waals surface area contributed by atoms with Crippen LogP contribution >= 0.6 is 0 Å². The first-order valence-corrected chi connectivity index (χ1v) is 19.1. The van der Waals surface area contributed by atoms with Crippen LogP contribution in [0.2, 0.25) is 0 Å². The maximum Gasteiger partial charge on any atom is 0.178 e. The van der Waals surface area contributed by atoms with Crippen LogP contribution in [0, 0.1) is 0 Å². The van der Waals surface area contributed by atoms with E-state index >= 15 is 0 Å². The van der Waals surface area contributed by atoms with Crippen molar-refractivity contribution in [2.75, 3.05) is 0 Å². The van der Waals surface area contributed by atoms with E-state index in [1.54, 1.807) is 0 Å². The molecule has 0 saturated heterocycles. The van der Waals surface area contributed by atoms with Crippen LogP contribution in [-0.2, 0) is 5.41 Å². The summed E-state index contributed by atoms with van der Waals surface area (Å²) in [6.07, 6.45) is 0. The summed E-state index contributed by atoms with van der Waals surface area (Å²) in [7, 11) is 0. The van der Waals surface area contributed by atoms with Gasteiger partial charge in [0.25, 0.3) is 0 Å². The Hall–Kier alpha value is -7.63. The average molecular weight is 732 g/mol. The quantitative estimate of drug-likeness (QED) is 0.170. The standard InChI is InChI=1S/C52H33N3O2/c1-5-17-34(18-6-1)49-53-50(35-19-7-2-8-20-35)55-51(54-49)40-26-14-13-25-39(40)36-29-31-44-46(33-36)56-45-32-30-43-47(48(45)57-44)41-27-15-16-28-42(41)52(43,37-21-9-3-10-22-37)38-23-11-4-12-24-38/h1-33H. The van der Waals surface area contributed by atoms with Crippen molar-refractivity contribution in [3.63, 3.8) is 0 Å². The summed E-state index contributed by atoms with van der Waals surface area (Å²) < 4.78 is 13.7. The number of aromatic nitrogens is 3. The number of rotatable bonds is 6. The maximum atomic E-state index is 6.92. The van der Waals surface area contributed by atoms with Gasteiger partial charge in [0, 0.05) is 22.3 Å². The molecular weight excluding hydrogens is 699 g/mol. The van der Waals surface area contributed by atoms with Crippen LogP contribution in [0.25, 0.3) is 56.4 Å². The van der Waals surface area contributed by atoms with Gasteiger partial charge in [0.1, 0.15) is 0 Å². The summed E-state index contributed by atoms with van der Waals surface area (Å²) >= 11 is 0. The predicted molar refractivity (Wildman–Crippen MR) is 225 cm³/mol. The maximum absolute atomic E-state index is 6.92. The van der Waals surface area contributed by atoms with Crippen molar-refractivity contribution in [3.05, 3.63) is 222 Å². The van der Waals surface area contributed by atoms with Crippen molar-refractivity contribution in [2.24, 2.45) is 0 Å². The van der Waals surface area contributed by atoms with Gasteiger partial charge >= 0.3 is 0 Å². The van der Waals surface area contributed by atoms with E-state index in [1.165, 1.54) is 22.3 Å². The number of nitrogens with zero attached hydrogens (tertiary/aromatic N) is 3. The van der Waals surface area contributed by atoms with E-state index in [9.17, 15) is 0 Å². The molecule has 57 heavy (non-hydrogen) atoms. The van der Waals surface area contributed by atoms with Gasteiger partial charge in [-0.3, -0.25) is 0 Å². The predicted octanol–water partition coefficient (Wildman–Crippen LogP) is 12.8. The van der Waals surface area contributed by atoms with Crippen molar-refractivity contribution in [1.82, 2.24) is 15.0 Å². The third kappa shape index (κ3) is 5.28. The molecule has 0 unspecified atom stereocenters. The van der Waals surface area contributed by atoms with Crippen LogP contribution in [0.4, 0.5) is 0 Å². The molecule has 0 atom stereocenters. The number of ether oxygens (including phenoxy) is 2. The Morgan fingerprint density at radius 3 is 1.47 bits per heavy atom. The molecule has 0 N–H and O–H groups in total. The molecule has 5 nitrogen and oxygen atoms in total. The molecule has 0 amide bonds. The Morgan fingerprint density at radius 1 is 0.333 bits per heavy atom. The molecule has 11 rings (SSSR count). The second-order valence-corrected chi connectivity index (χ2v) is 14.3. The molecule has 268 valence electrons. The van der Waals surface area contributed by atoms with E-state index in [0.717, 1.165) is 44.7 Å². The Labute approximate surface area is 330 Å². The molecular formula is C52H33N3O2. The lowest BCUT2D eigenvalue weighted by atomic mass is 9.68. The Bertz CT molecular complexity index is 2850. The first-order valence-electron chi connectivity index (χ1n) is 19.1. The first-order chi connectivity index (χ1) is 28.3. The van der Waals surface area contributed by atoms with Crippen LogP contribution in [0.1, 0.15) is 22.3 Å². The molecule has 0 bridgehead atoms. The van der Waals surface area contributed by atoms with E-state index in [2.05, 4.69) is 115 Å². The van der Waals surface area contributed by atoms with Gasteiger partial charge in [-0.05, 0) is 57.1 Å². The highest BCUT2D eigenvalue weighted by atomic mass is 16.6. The van der Waals surface area contributed by atoms with Crippen molar-refractivity contribution in [2.45, 2.75) is 5.41 Å². The number of benzene rings is 8. The van der Waals surface area contributed by atoms with Gasteiger partial charge in [0.05, 0.1) is 5.41 Å². The lowest BCUT2D eigenvalue weighted by Gasteiger charge is -2.34. The molecule has 1 aliphatic carbocycles. The molecule has 1 aliphatic heterocycles. The minimum Gasteiger partial charge on any atom is -0.449 e. The lowest BCUT2D eigenvalue weighted by molar-refractivity contribution is 0.360. The molecule has 8 aromatic carbocycles. The summed E-state index contributed by atoms with van der Waals surface area (Å²) in [6.45, 7) is 0. The summed E-state index contributed by atoms with van der Waals surface area (Å²) in [5, 5.41) is 0. The third-order valence-electron chi connectivity index (χ3n) is 11.1. The summed E-state index contributed by atoms with van der Waals surface area (Å²) in [4.78, 5) is 15.0. The van der Waals surface area contributed by atoms with Crippen LogP contribution in [-0.4, -0.2) is 15.0 Å². The molecule has 2 aliphatic rings. The molecule has 0 spiro atoms. The largest absolute Gasteiger partial charge is 0.449 e. The Morgan fingerprint density at radius 2 is 0.842 bits per heavy atom. The van der Waals surface area contributed by atoms with Gasteiger partial charge in [0.15, 0.2) is 40.5 Å². The number of hydrogen-bond donors (Lipinski definition) is 0. The van der Waals surface area contributed by atoms with E-state index in [0.29, 0.717) is 34.7 Å². The SMILES string of the molecule is c1ccc(-c2nc(-c3ccccc3)nc(-c3ccccc3-c3ccc4c(c3)Oc3ccc5c(c3O4)-c3ccccc3C5(c3ccccc3)c3ccccc3)n2)cc1. The van der Waals surface area contributed by atoms with Crippen LogP contribution in [0.15, 0.2) is 200 Å². The lowest BCUT2D eigenvalue weighted by Crippen LogP contribution is -2.28. The van der Waals surface area contributed by atoms with Gasteiger partial charge in [-0.15, -0.1) is 0 Å². The van der Waals surface area contributed by atoms with Crippen molar-refractivity contribution >= 4 is 0 Å². The van der Waals surface area contributed by atoms with Gasteiger partial charge in [-0.1, -0.05) is 182 Å². The fourth-order valence-corrected chi connectivity index (χ4v) is 8.59. The zero-order chi connectivity index (χ0) is 37.8. The smallest absolute Gasteiger partial charge is 0.178 e. The zero-order valence-corrected chi connectivity index (χ0v) is 30.7. The average Bonchev–Trinajstić information content (AvgIpc) is 3.60. The van der Waals surface area contributed by atoms with Gasteiger partial charge in [-0.2, -0.15) is 0 Å². The zero-order valence-electron chi connectivity index (χ0n) is 30.7. The normalized spacial score (nSPS) is 13.0. The summed E-state index contributed by atoms with van der Waals surface area (Å²) in [6, 6.07) is 68.9. The molecule has 0 radical (unpaired) electrons. The molecule has 0 fully saturated rings. The molecule has 0 saturated carbocycles. The summed E-state index contributed by atoms with van der Waals surface area (Å²) in [5.74, 6) is 4.52. The van der Waals surface area contributed by atoms with Crippen LogP contribution in [0.5, 0.6) is 23.0 Å². The van der Waals surface area contributed by atoms with Crippen molar-refractivity contribution in [1.29, 1.82) is 0 Å². The minimum atomic E-state index is -0.531. The van der Waals surface area contributed by atoms with E-state index in [1.807, 2.05) is 84.9 Å². The fraction of sp³-hybridized carbons (Fsp3) is 0.0192.